The summed E-state index contributed by atoms with van der Waals surface area (Å²) >= 11 is 1.25. The lowest BCUT2D eigenvalue weighted by atomic mass is 10.2. The standard InChI is InChI=1S/C20H23N3O6S2/c1-14-3-4-16(13-19(14)31(27,28)22-9-11-29-12-10-22)21-20(24)15(2)30-18-7-5-17(6-8-18)23(25)26/h3-8,13,15H,9-12H2,1-2H3,(H,21,24). The minimum Gasteiger partial charge on any atom is -0.379 e. The van der Waals surface area contributed by atoms with Crippen molar-refractivity contribution in [1.82, 2.24) is 4.31 Å². The van der Waals surface area contributed by atoms with E-state index < -0.39 is 20.2 Å². The maximum absolute atomic E-state index is 13.0. The molecule has 0 aromatic heterocycles. The lowest BCUT2D eigenvalue weighted by molar-refractivity contribution is -0.384. The van der Waals surface area contributed by atoms with E-state index in [1.807, 2.05) is 0 Å². The summed E-state index contributed by atoms with van der Waals surface area (Å²) in [6, 6.07) is 10.7. The molecule has 3 rings (SSSR count). The first-order chi connectivity index (χ1) is 14.7. The smallest absolute Gasteiger partial charge is 0.269 e. The molecule has 1 N–H and O–H groups in total. The van der Waals surface area contributed by atoms with E-state index in [1.165, 1.54) is 34.3 Å². The Morgan fingerprint density at radius 2 is 1.84 bits per heavy atom. The van der Waals surface area contributed by atoms with Crippen LogP contribution in [0, 0.1) is 17.0 Å². The Bertz CT molecular complexity index is 1070. The molecule has 0 bridgehead atoms. The molecule has 1 amide bonds. The maximum Gasteiger partial charge on any atom is 0.269 e. The Kier molecular flexibility index (Phi) is 7.31. The van der Waals surface area contributed by atoms with Gasteiger partial charge in [-0.25, -0.2) is 8.42 Å². The third kappa shape index (κ3) is 5.62. The SMILES string of the molecule is Cc1ccc(NC(=O)C(C)Sc2ccc([N+](=O)[O-])cc2)cc1S(=O)(=O)N1CCOCC1. The first kappa shape index (κ1) is 23.2. The molecule has 0 radical (unpaired) electrons. The van der Waals surface area contributed by atoms with Crippen LogP contribution in [0.15, 0.2) is 52.3 Å². The highest BCUT2D eigenvalue weighted by atomic mass is 32.2. The number of hydrogen-bond donors (Lipinski definition) is 1. The van der Waals surface area contributed by atoms with Crippen molar-refractivity contribution in [2.75, 3.05) is 31.6 Å². The van der Waals surface area contributed by atoms with Gasteiger partial charge in [-0.15, -0.1) is 11.8 Å². The van der Waals surface area contributed by atoms with E-state index in [9.17, 15) is 23.3 Å². The maximum atomic E-state index is 13.0. The lowest BCUT2D eigenvalue weighted by Gasteiger charge is -2.27. The Morgan fingerprint density at radius 3 is 2.45 bits per heavy atom. The van der Waals surface area contributed by atoms with Crippen LogP contribution in [-0.2, 0) is 19.6 Å². The summed E-state index contributed by atoms with van der Waals surface area (Å²) < 4.78 is 32.6. The van der Waals surface area contributed by atoms with Gasteiger partial charge in [-0.3, -0.25) is 14.9 Å². The molecule has 11 heteroatoms. The van der Waals surface area contributed by atoms with Gasteiger partial charge in [0, 0.05) is 35.8 Å². The summed E-state index contributed by atoms with van der Waals surface area (Å²) in [5.41, 5.74) is 0.964. The number of nitro benzene ring substituents is 1. The number of aryl methyl sites for hydroxylation is 1. The molecule has 1 aliphatic heterocycles. The highest BCUT2D eigenvalue weighted by Gasteiger charge is 2.28. The number of anilines is 1. The minimum atomic E-state index is -3.69. The van der Waals surface area contributed by atoms with Crippen molar-refractivity contribution >= 4 is 39.1 Å². The zero-order chi connectivity index (χ0) is 22.6. The first-order valence-electron chi connectivity index (χ1n) is 9.59. The van der Waals surface area contributed by atoms with Crippen molar-refractivity contribution in [3.05, 3.63) is 58.1 Å². The van der Waals surface area contributed by atoms with E-state index in [1.54, 1.807) is 38.1 Å². The fourth-order valence-electron chi connectivity index (χ4n) is 3.03. The van der Waals surface area contributed by atoms with Gasteiger partial charge < -0.3 is 10.1 Å². The van der Waals surface area contributed by atoms with Crippen molar-refractivity contribution in [2.45, 2.75) is 28.9 Å². The summed E-state index contributed by atoms with van der Waals surface area (Å²) in [5, 5.41) is 13.0. The van der Waals surface area contributed by atoms with Crippen molar-refractivity contribution in [1.29, 1.82) is 0 Å². The number of ether oxygens (including phenoxy) is 1. The van der Waals surface area contributed by atoms with Gasteiger partial charge >= 0.3 is 0 Å². The molecule has 0 spiro atoms. The molecule has 1 unspecified atom stereocenters. The third-order valence-electron chi connectivity index (χ3n) is 4.77. The number of benzene rings is 2. The van der Waals surface area contributed by atoms with Crippen molar-refractivity contribution in [3.8, 4) is 0 Å². The number of rotatable bonds is 7. The van der Waals surface area contributed by atoms with E-state index in [2.05, 4.69) is 5.32 Å². The zero-order valence-electron chi connectivity index (χ0n) is 17.1. The molecule has 1 heterocycles. The number of amides is 1. The van der Waals surface area contributed by atoms with E-state index >= 15 is 0 Å². The fraction of sp³-hybridized carbons (Fsp3) is 0.350. The van der Waals surface area contributed by atoms with E-state index in [0.29, 0.717) is 42.4 Å². The second kappa shape index (κ2) is 9.77. The highest BCUT2D eigenvalue weighted by molar-refractivity contribution is 8.00. The minimum absolute atomic E-state index is 0.0184. The molecule has 2 aromatic rings. The van der Waals surface area contributed by atoms with Crippen LogP contribution in [0.3, 0.4) is 0 Å². The number of morpholine rings is 1. The van der Waals surface area contributed by atoms with Gasteiger partial charge in [0.25, 0.3) is 5.69 Å². The molecule has 0 aliphatic carbocycles. The third-order valence-corrected chi connectivity index (χ3v) is 7.93. The second-order valence-electron chi connectivity index (χ2n) is 7.00. The summed E-state index contributed by atoms with van der Waals surface area (Å²) in [6.07, 6.45) is 0. The van der Waals surface area contributed by atoms with Crippen LogP contribution in [0.5, 0.6) is 0 Å². The first-order valence-corrected chi connectivity index (χ1v) is 11.9. The van der Waals surface area contributed by atoms with Crippen LogP contribution in [0.4, 0.5) is 11.4 Å². The Labute approximate surface area is 185 Å². The van der Waals surface area contributed by atoms with Crippen molar-refractivity contribution in [3.63, 3.8) is 0 Å². The number of carbonyl (C=O) groups is 1. The van der Waals surface area contributed by atoms with Gasteiger partial charge in [0.15, 0.2) is 0 Å². The molecule has 1 atom stereocenters. The van der Waals surface area contributed by atoms with Crippen LogP contribution >= 0.6 is 11.8 Å². The van der Waals surface area contributed by atoms with Gasteiger partial charge in [-0.2, -0.15) is 4.31 Å². The largest absolute Gasteiger partial charge is 0.379 e. The van der Waals surface area contributed by atoms with Crippen LogP contribution < -0.4 is 5.32 Å². The van der Waals surface area contributed by atoms with Gasteiger partial charge in [0.2, 0.25) is 15.9 Å². The monoisotopic (exact) mass is 465 g/mol. The Morgan fingerprint density at radius 1 is 1.19 bits per heavy atom. The highest BCUT2D eigenvalue weighted by Crippen LogP contribution is 2.28. The predicted octanol–water partition coefficient (Wildman–Crippen LogP) is 3.04. The van der Waals surface area contributed by atoms with Gasteiger partial charge in [0.1, 0.15) is 0 Å². The van der Waals surface area contributed by atoms with Crippen LogP contribution in [-0.4, -0.2) is 55.1 Å². The van der Waals surface area contributed by atoms with Crippen molar-refractivity contribution in [2.24, 2.45) is 0 Å². The second-order valence-corrected chi connectivity index (χ2v) is 10.3. The summed E-state index contributed by atoms with van der Waals surface area (Å²) in [4.78, 5) is 23.8. The average molecular weight is 466 g/mol. The Balaban J connectivity index is 1.71. The normalized spacial score (nSPS) is 15.9. The summed E-state index contributed by atoms with van der Waals surface area (Å²) in [7, 11) is -3.69. The van der Waals surface area contributed by atoms with E-state index in [0.717, 1.165) is 0 Å². The van der Waals surface area contributed by atoms with E-state index in [-0.39, 0.29) is 16.5 Å². The number of nitrogens with zero attached hydrogens (tertiary/aromatic N) is 2. The van der Waals surface area contributed by atoms with Gasteiger partial charge in [-0.05, 0) is 43.7 Å². The number of nitro groups is 1. The molecule has 166 valence electrons. The van der Waals surface area contributed by atoms with Crippen LogP contribution in [0.2, 0.25) is 0 Å². The molecular weight excluding hydrogens is 442 g/mol. The molecule has 1 fully saturated rings. The molecule has 31 heavy (non-hydrogen) atoms. The number of hydrogen-bond acceptors (Lipinski definition) is 7. The Hall–Kier alpha value is -2.47. The van der Waals surface area contributed by atoms with Gasteiger partial charge in [-0.1, -0.05) is 6.07 Å². The number of non-ortho nitro benzene ring substituents is 1. The molecule has 1 saturated heterocycles. The van der Waals surface area contributed by atoms with Crippen molar-refractivity contribution < 1.29 is 22.9 Å². The summed E-state index contributed by atoms with van der Waals surface area (Å²) in [6.45, 7) is 4.72. The fourth-order valence-corrected chi connectivity index (χ4v) is 5.56. The topological polar surface area (TPSA) is 119 Å². The molecule has 1 aliphatic rings. The molecule has 9 nitrogen and oxygen atoms in total. The van der Waals surface area contributed by atoms with E-state index in [4.69, 9.17) is 4.74 Å². The summed E-state index contributed by atoms with van der Waals surface area (Å²) in [5.74, 6) is -0.304. The zero-order valence-corrected chi connectivity index (χ0v) is 18.7. The number of thioether (sulfide) groups is 1. The van der Waals surface area contributed by atoms with Crippen LogP contribution in [0.25, 0.3) is 0 Å². The lowest BCUT2D eigenvalue weighted by Crippen LogP contribution is -2.40. The average Bonchev–Trinajstić information content (AvgIpc) is 2.76. The predicted molar refractivity (Wildman–Crippen MR) is 118 cm³/mol. The number of sulfonamides is 1. The number of carbonyl (C=O) groups excluding carboxylic acids is 1. The molecule has 2 aromatic carbocycles. The van der Waals surface area contributed by atoms with Gasteiger partial charge in [0.05, 0.1) is 28.3 Å². The number of nitrogens with one attached hydrogen (secondary N) is 1. The van der Waals surface area contributed by atoms with Crippen LogP contribution in [0.1, 0.15) is 12.5 Å². The molecule has 0 saturated carbocycles. The molecular formula is C20H23N3O6S2. The quantitative estimate of drug-likeness (QED) is 0.379.